The molecule has 1 atom stereocenters. The van der Waals surface area contributed by atoms with Crippen LogP contribution in [0.5, 0.6) is 5.75 Å². The zero-order valence-corrected chi connectivity index (χ0v) is 10.7. The highest BCUT2D eigenvalue weighted by molar-refractivity contribution is 14.1. The summed E-state index contributed by atoms with van der Waals surface area (Å²) in [5.41, 5.74) is 8.75. The van der Waals surface area contributed by atoms with Gasteiger partial charge >= 0.3 is 0 Å². The summed E-state index contributed by atoms with van der Waals surface area (Å²) in [5, 5.41) is 9.04. The predicted octanol–water partition coefficient (Wildman–Crippen LogP) is 2.13. The van der Waals surface area contributed by atoms with E-state index < -0.39 is 0 Å². The van der Waals surface area contributed by atoms with E-state index in [4.69, 9.17) is 15.7 Å². The number of aromatic amines is 1. The Balaban J connectivity index is 2.29. The third-order valence-electron chi connectivity index (χ3n) is 2.70. The van der Waals surface area contributed by atoms with Crippen molar-refractivity contribution in [2.75, 3.05) is 0 Å². The molecule has 1 unspecified atom stereocenters. The molecule has 1 aliphatic heterocycles. The molecule has 2 heterocycles. The maximum absolute atomic E-state index is 9.04. The summed E-state index contributed by atoms with van der Waals surface area (Å²) >= 11 is 2.18. The van der Waals surface area contributed by atoms with E-state index in [9.17, 15) is 0 Å². The molecular weight excluding hydrogens is 331 g/mol. The van der Waals surface area contributed by atoms with Crippen molar-refractivity contribution < 1.29 is 4.74 Å². The second-order valence-electron chi connectivity index (χ2n) is 3.64. The molecule has 5 nitrogen and oxygen atoms in total. The van der Waals surface area contributed by atoms with Crippen LogP contribution in [0.2, 0.25) is 0 Å². The minimum absolute atomic E-state index is 0.0950. The number of rotatable bonds is 0. The number of ether oxygens (including phenoxy) is 1. The second kappa shape index (κ2) is 3.63. The van der Waals surface area contributed by atoms with E-state index in [0.29, 0.717) is 11.3 Å². The van der Waals surface area contributed by atoms with E-state index in [-0.39, 0.29) is 9.81 Å². The standard InChI is InChI=1S/C11H7IN4O/c12-8-5-1-2-7-9(16-4-15-7)10(5)17-11(14)6(8)3-13/h1-2,4,8H,14H2,(H,15,16). The van der Waals surface area contributed by atoms with Crippen molar-refractivity contribution in [1.82, 2.24) is 9.97 Å². The third-order valence-corrected chi connectivity index (χ3v) is 3.99. The lowest BCUT2D eigenvalue weighted by molar-refractivity contribution is 0.403. The average Bonchev–Trinajstić information content (AvgIpc) is 2.77. The highest BCUT2D eigenvalue weighted by atomic mass is 127. The molecule has 3 rings (SSSR count). The Morgan fingerprint density at radius 3 is 3.12 bits per heavy atom. The van der Waals surface area contributed by atoms with Crippen LogP contribution in [-0.4, -0.2) is 9.97 Å². The number of nitriles is 1. The van der Waals surface area contributed by atoms with Crippen molar-refractivity contribution in [2.24, 2.45) is 5.73 Å². The lowest BCUT2D eigenvalue weighted by atomic mass is 10.0. The Kier molecular flexibility index (Phi) is 2.22. The summed E-state index contributed by atoms with van der Waals surface area (Å²) in [7, 11) is 0. The van der Waals surface area contributed by atoms with Crippen molar-refractivity contribution in [3.63, 3.8) is 0 Å². The molecule has 0 radical (unpaired) electrons. The summed E-state index contributed by atoms with van der Waals surface area (Å²) in [6.07, 6.45) is 1.61. The van der Waals surface area contributed by atoms with Gasteiger partial charge in [-0.3, -0.25) is 0 Å². The van der Waals surface area contributed by atoms with Crippen LogP contribution >= 0.6 is 22.6 Å². The number of hydrogen-bond acceptors (Lipinski definition) is 4. The van der Waals surface area contributed by atoms with Crippen LogP contribution in [0, 0.1) is 11.3 Å². The topological polar surface area (TPSA) is 87.7 Å². The number of fused-ring (bicyclic) bond motifs is 3. The van der Waals surface area contributed by atoms with E-state index in [1.54, 1.807) is 6.33 Å². The van der Waals surface area contributed by atoms with E-state index in [0.717, 1.165) is 16.6 Å². The normalized spacial score (nSPS) is 18.7. The number of imidazole rings is 1. The molecule has 0 amide bonds. The van der Waals surface area contributed by atoms with Gasteiger partial charge in [-0.1, -0.05) is 28.7 Å². The summed E-state index contributed by atoms with van der Waals surface area (Å²) < 4.78 is 5.43. The summed E-state index contributed by atoms with van der Waals surface area (Å²) in [5.74, 6) is 0.801. The first kappa shape index (κ1) is 10.4. The molecule has 1 aromatic carbocycles. The number of alkyl halides is 1. The fourth-order valence-electron chi connectivity index (χ4n) is 1.86. The average molecular weight is 338 g/mol. The molecular formula is C11H7IN4O. The number of allylic oxidation sites excluding steroid dienone is 1. The zero-order chi connectivity index (χ0) is 12.0. The van der Waals surface area contributed by atoms with Gasteiger partial charge in [-0.25, -0.2) is 4.98 Å². The predicted molar refractivity (Wildman–Crippen MR) is 70.3 cm³/mol. The molecule has 84 valence electrons. The van der Waals surface area contributed by atoms with Crippen LogP contribution in [0.1, 0.15) is 9.49 Å². The first-order valence-corrected chi connectivity index (χ1v) is 6.14. The van der Waals surface area contributed by atoms with Crippen LogP contribution in [0.15, 0.2) is 29.9 Å². The summed E-state index contributed by atoms with van der Waals surface area (Å²) in [4.78, 5) is 7.22. The van der Waals surface area contributed by atoms with Crippen molar-refractivity contribution in [2.45, 2.75) is 3.92 Å². The molecule has 2 aromatic rings. The van der Waals surface area contributed by atoms with E-state index >= 15 is 0 Å². The quantitative estimate of drug-likeness (QED) is 0.569. The van der Waals surface area contributed by atoms with Crippen LogP contribution in [-0.2, 0) is 0 Å². The van der Waals surface area contributed by atoms with E-state index in [1.165, 1.54) is 0 Å². The Bertz CT molecular complexity index is 682. The number of nitrogens with zero attached hydrogens (tertiary/aromatic N) is 2. The van der Waals surface area contributed by atoms with Crippen molar-refractivity contribution in [3.05, 3.63) is 35.5 Å². The third kappa shape index (κ3) is 1.39. The van der Waals surface area contributed by atoms with Crippen LogP contribution in [0.4, 0.5) is 0 Å². The molecule has 0 aliphatic carbocycles. The number of nitrogens with two attached hydrogens (primary N) is 1. The van der Waals surface area contributed by atoms with Gasteiger partial charge in [0.05, 0.1) is 15.8 Å². The van der Waals surface area contributed by atoms with Gasteiger partial charge in [0.15, 0.2) is 5.75 Å². The maximum Gasteiger partial charge on any atom is 0.206 e. The summed E-state index contributed by atoms with van der Waals surface area (Å²) in [6, 6.07) is 5.93. The molecule has 0 bridgehead atoms. The Morgan fingerprint density at radius 2 is 2.35 bits per heavy atom. The van der Waals surface area contributed by atoms with Gasteiger partial charge in [-0.15, -0.1) is 0 Å². The number of aromatic nitrogens is 2. The SMILES string of the molecule is N#CC1=C(N)Oc2c(ccc3[nH]cnc23)C1I. The van der Waals surface area contributed by atoms with Crippen molar-refractivity contribution >= 4 is 33.6 Å². The molecule has 17 heavy (non-hydrogen) atoms. The number of hydrogen-bond donors (Lipinski definition) is 2. The lowest BCUT2D eigenvalue weighted by Gasteiger charge is -2.22. The first-order chi connectivity index (χ1) is 8.22. The number of halogens is 1. The van der Waals surface area contributed by atoms with Gasteiger partial charge < -0.3 is 15.5 Å². The number of H-pyrrole nitrogens is 1. The fraction of sp³-hybridized carbons (Fsp3) is 0.0909. The Morgan fingerprint density at radius 1 is 1.53 bits per heavy atom. The Labute approximate surface area is 110 Å². The van der Waals surface area contributed by atoms with Crippen LogP contribution < -0.4 is 10.5 Å². The lowest BCUT2D eigenvalue weighted by Crippen LogP contribution is -2.17. The van der Waals surface area contributed by atoms with Crippen LogP contribution in [0.25, 0.3) is 11.0 Å². The van der Waals surface area contributed by atoms with E-state index in [1.807, 2.05) is 12.1 Å². The molecule has 0 spiro atoms. The van der Waals surface area contributed by atoms with Gasteiger partial charge in [0.1, 0.15) is 17.2 Å². The highest BCUT2D eigenvalue weighted by Gasteiger charge is 2.28. The van der Waals surface area contributed by atoms with Gasteiger partial charge in [-0.05, 0) is 6.07 Å². The van der Waals surface area contributed by atoms with Crippen LogP contribution in [0.3, 0.4) is 0 Å². The number of benzene rings is 1. The molecule has 1 aliphatic rings. The Hall–Kier alpha value is -1.75. The smallest absolute Gasteiger partial charge is 0.206 e. The monoisotopic (exact) mass is 338 g/mol. The van der Waals surface area contributed by atoms with Gasteiger partial charge in [0.2, 0.25) is 5.88 Å². The van der Waals surface area contributed by atoms with Gasteiger partial charge in [-0.2, -0.15) is 5.26 Å². The molecule has 3 N–H and O–H groups in total. The summed E-state index contributed by atoms with van der Waals surface area (Å²) in [6.45, 7) is 0. The van der Waals surface area contributed by atoms with Gasteiger partial charge in [0, 0.05) is 5.56 Å². The molecule has 0 fully saturated rings. The highest BCUT2D eigenvalue weighted by Crippen LogP contribution is 2.44. The van der Waals surface area contributed by atoms with E-state index in [2.05, 4.69) is 38.6 Å². The van der Waals surface area contributed by atoms with Crippen molar-refractivity contribution in [3.8, 4) is 11.8 Å². The minimum Gasteiger partial charge on any atom is -0.438 e. The van der Waals surface area contributed by atoms with Gasteiger partial charge in [0.25, 0.3) is 0 Å². The molecule has 6 heteroatoms. The molecule has 0 saturated carbocycles. The largest absolute Gasteiger partial charge is 0.438 e. The number of nitrogens with one attached hydrogen (secondary N) is 1. The molecule has 0 saturated heterocycles. The molecule has 1 aromatic heterocycles. The first-order valence-electron chi connectivity index (χ1n) is 4.90. The van der Waals surface area contributed by atoms with Crippen molar-refractivity contribution in [1.29, 1.82) is 5.26 Å². The zero-order valence-electron chi connectivity index (χ0n) is 8.57. The maximum atomic E-state index is 9.04. The second-order valence-corrected chi connectivity index (χ2v) is 4.88. The fourth-order valence-corrected chi connectivity index (χ4v) is 2.80. The minimum atomic E-state index is -0.0950.